The molecule has 0 amide bonds. The van der Waals surface area contributed by atoms with Crippen molar-refractivity contribution in [2.75, 3.05) is 7.11 Å². The third-order valence-electron chi connectivity index (χ3n) is 1.68. The van der Waals surface area contributed by atoms with Gasteiger partial charge in [-0.1, -0.05) is 0 Å². The monoisotopic (exact) mass is 177 g/mol. The highest BCUT2D eigenvalue weighted by molar-refractivity contribution is 5.89. The van der Waals surface area contributed by atoms with Crippen LogP contribution in [0.4, 0.5) is 0 Å². The Morgan fingerprint density at radius 1 is 1.46 bits per heavy atom. The van der Waals surface area contributed by atoms with Crippen LogP contribution in [0.5, 0.6) is 0 Å². The summed E-state index contributed by atoms with van der Waals surface area (Å²) in [5.74, 6) is -0.442. The molecule has 0 spiro atoms. The second-order valence-corrected chi connectivity index (χ2v) is 2.48. The van der Waals surface area contributed by atoms with E-state index >= 15 is 0 Å². The van der Waals surface area contributed by atoms with Gasteiger partial charge in [-0.05, 0) is 12.1 Å². The van der Waals surface area contributed by atoms with Gasteiger partial charge in [0.15, 0.2) is 0 Å². The molecule has 0 fully saturated rings. The lowest BCUT2D eigenvalue weighted by Gasteiger charge is -1.96. The van der Waals surface area contributed by atoms with Crippen molar-refractivity contribution in [1.82, 2.24) is 15.2 Å². The molecular formula is C8H7N3O2. The molecule has 66 valence electrons. The smallest absolute Gasteiger partial charge is 0.356 e. The van der Waals surface area contributed by atoms with Crippen molar-refractivity contribution in [3.8, 4) is 0 Å². The molecule has 0 atom stereocenters. The first kappa shape index (κ1) is 7.72. The Balaban J connectivity index is 2.54. The number of pyridine rings is 1. The molecule has 0 aromatic carbocycles. The number of H-pyrrole nitrogens is 1. The predicted molar refractivity (Wildman–Crippen MR) is 45.2 cm³/mol. The van der Waals surface area contributed by atoms with Crippen LogP contribution in [0.15, 0.2) is 18.3 Å². The van der Waals surface area contributed by atoms with E-state index < -0.39 is 5.97 Å². The summed E-state index contributed by atoms with van der Waals surface area (Å²) in [4.78, 5) is 15.1. The molecule has 5 nitrogen and oxygen atoms in total. The van der Waals surface area contributed by atoms with Gasteiger partial charge in [-0.2, -0.15) is 5.10 Å². The van der Waals surface area contributed by atoms with Crippen LogP contribution in [0.2, 0.25) is 0 Å². The minimum atomic E-state index is -0.442. The number of rotatable bonds is 1. The average Bonchev–Trinajstić information content (AvgIpc) is 2.63. The summed E-state index contributed by atoms with van der Waals surface area (Å²) in [6.45, 7) is 0. The van der Waals surface area contributed by atoms with Crippen LogP contribution in [0.25, 0.3) is 11.0 Å². The zero-order chi connectivity index (χ0) is 9.26. The minimum Gasteiger partial charge on any atom is -0.464 e. The van der Waals surface area contributed by atoms with Gasteiger partial charge < -0.3 is 4.74 Å². The van der Waals surface area contributed by atoms with E-state index in [0.29, 0.717) is 5.52 Å². The second-order valence-electron chi connectivity index (χ2n) is 2.48. The number of hydrogen-bond donors (Lipinski definition) is 1. The van der Waals surface area contributed by atoms with Gasteiger partial charge in [-0.15, -0.1) is 0 Å². The molecular weight excluding hydrogens is 170 g/mol. The number of methoxy groups -OCH3 is 1. The molecule has 0 aliphatic heterocycles. The molecule has 5 heteroatoms. The molecule has 0 bridgehead atoms. The molecule has 0 unspecified atom stereocenters. The van der Waals surface area contributed by atoms with Gasteiger partial charge in [0.2, 0.25) is 0 Å². The first-order chi connectivity index (χ1) is 6.31. The van der Waals surface area contributed by atoms with Gasteiger partial charge in [0.25, 0.3) is 0 Å². The maximum Gasteiger partial charge on any atom is 0.356 e. The summed E-state index contributed by atoms with van der Waals surface area (Å²) in [7, 11) is 1.32. The van der Waals surface area contributed by atoms with Gasteiger partial charge in [0.1, 0.15) is 16.7 Å². The Bertz CT molecular complexity index is 449. The van der Waals surface area contributed by atoms with Crippen LogP contribution in [0, 0.1) is 0 Å². The van der Waals surface area contributed by atoms with Gasteiger partial charge in [-0.3, -0.25) is 5.10 Å². The fourth-order valence-corrected chi connectivity index (χ4v) is 1.05. The number of ether oxygens (including phenoxy) is 1. The van der Waals surface area contributed by atoms with Crippen molar-refractivity contribution < 1.29 is 9.53 Å². The van der Waals surface area contributed by atoms with Crippen LogP contribution in [-0.2, 0) is 4.74 Å². The van der Waals surface area contributed by atoms with E-state index in [2.05, 4.69) is 19.9 Å². The van der Waals surface area contributed by atoms with Gasteiger partial charge in [0.05, 0.1) is 7.11 Å². The topological polar surface area (TPSA) is 67.9 Å². The number of nitrogens with one attached hydrogen (secondary N) is 1. The van der Waals surface area contributed by atoms with Crippen molar-refractivity contribution in [2.45, 2.75) is 0 Å². The van der Waals surface area contributed by atoms with Crippen LogP contribution in [0.3, 0.4) is 0 Å². The third kappa shape index (κ3) is 1.24. The maximum atomic E-state index is 11.1. The van der Waals surface area contributed by atoms with E-state index in [1.165, 1.54) is 7.11 Å². The quantitative estimate of drug-likeness (QED) is 0.652. The maximum absolute atomic E-state index is 11.1. The molecule has 2 aromatic heterocycles. The van der Waals surface area contributed by atoms with Crippen LogP contribution in [-0.4, -0.2) is 28.3 Å². The number of aromatic amines is 1. The summed E-state index contributed by atoms with van der Waals surface area (Å²) < 4.78 is 4.53. The van der Waals surface area contributed by atoms with E-state index in [1.54, 1.807) is 18.3 Å². The number of fused-ring (bicyclic) bond motifs is 1. The SMILES string of the molecule is COC(=O)c1ccc2n[nH]cc2n1. The lowest BCUT2D eigenvalue weighted by atomic mass is 10.3. The molecule has 0 radical (unpaired) electrons. The van der Waals surface area contributed by atoms with Gasteiger partial charge in [-0.25, -0.2) is 9.78 Å². The van der Waals surface area contributed by atoms with Gasteiger partial charge in [0, 0.05) is 6.20 Å². The number of aromatic nitrogens is 3. The lowest BCUT2D eigenvalue weighted by molar-refractivity contribution is 0.0594. The van der Waals surface area contributed by atoms with E-state index in [0.717, 1.165) is 5.52 Å². The van der Waals surface area contributed by atoms with Crippen molar-refractivity contribution in [3.05, 3.63) is 24.0 Å². The van der Waals surface area contributed by atoms with E-state index in [-0.39, 0.29) is 5.69 Å². The zero-order valence-electron chi connectivity index (χ0n) is 6.94. The number of carbonyl (C=O) groups is 1. The molecule has 2 rings (SSSR count). The van der Waals surface area contributed by atoms with E-state index in [1.807, 2.05) is 0 Å². The molecule has 0 aliphatic carbocycles. The first-order valence-corrected chi connectivity index (χ1v) is 3.70. The van der Waals surface area contributed by atoms with Gasteiger partial charge >= 0.3 is 5.97 Å². The fourth-order valence-electron chi connectivity index (χ4n) is 1.05. The Morgan fingerprint density at radius 2 is 2.31 bits per heavy atom. The van der Waals surface area contributed by atoms with Crippen molar-refractivity contribution in [1.29, 1.82) is 0 Å². The highest BCUT2D eigenvalue weighted by atomic mass is 16.5. The zero-order valence-corrected chi connectivity index (χ0v) is 6.94. The normalized spacial score (nSPS) is 10.2. The van der Waals surface area contributed by atoms with E-state index in [4.69, 9.17) is 0 Å². The summed E-state index contributed by atoms with van der Waals surface area (Å²) in [5.41, 5.74) is 1.67. The number of carbonyl (C=O) groups excluding carboxylic acids is 1. The van der Waals surface area contributed by atoms with Crippen LogP contribution >= 0.6 is 0 Å². The Kier molecular flexibility index (Phi) is 1.70. The predicted octanol–water partition coefficient (Wildman–Crippen LogP) is 0.744. The largest absolute Gasteiger partial charge is 0.464 e. The molecule has 2 aromatic rings. The Hall–Kier alpha value is -1.91. The number of esters is 1. The molecule has 1 N–H and O–H groups in total. The second kappa shape index (κ2) is 2.85. The molecule has 0 aliphatic rings. The Labute approximate surface area is 73.7 Å². The number of nitrogens with zero attached hydrogens (tertiary/aromatic N) is 2. The molecule has 0 saturated carbocycles. The summed E-state index contributed by atoms with van der Waals surface area (Å²) in [6, 6.07) is 3.29. The lowest BCUT2D eigenvalue weighted by Crippen LogP contribution is -2.03. The fraction of sp³-hybridized carbons (Fsp3) is 0.125. The average molecular weight is 177 g/mol. The highest BCUT2D eigenvalue weighted by Crippen LogP contribution is 2.08. The Morgan fingerprint density at radius 3 is 3.08 bits per heavy atom. The summed E-state index contributed by atoms with van der Waals surface area (Å²) in [5, 5.41) is 6.56. The third-order valence-corrected chi connectivity index (χ3v) is 1.68. The van der Waals surface area contributed by atoms with Crippen molar-refractivity contribution >= 4 is 17.0 Å². The summed E-state index contributed by atoms with van der Waals surface area (Å²) >= 11 is 0. The van der Waals surface area contributed by atoms with Crippen molar-refractivity contribution in [2.24, 2.45) is 0 Å². The first-order valence-electron chi connectivity index (χ1n) is 3.70. The number of hydrogen-bond acceptors (Lipinski definition) is 4. The van der Waals surface area contributed by atoms with Crippen LogP contribution < -0.4 is 0 Å². The van der Waals surface area contributed by atoms with E-state index in [9.17, 15) is 4.79 Å². The van der Waals surface area contributed by atoms with Crippen LogP contribution in [0.1, 0.15) is 10.5 Å². The van der Waals surface area contributed by atoms with Crippen molar-refractivity contribution in [3.63, 3.8) is 0 Å². The molecule has 2 heterocycles. The molecule has 13 heavy (non-hydrogen) atoms. The highest BCUT2D eigenvalue weighted by Gasteiger charge is 2.07. The minimum absolute atomic E-state index is 0.288. The summed E-state index contributed by atoms with van der Waals surface area (Å²) in [6.07, 6.45) is 1.63. The standard InChI is InChI=1S/C8H7N3O2/c1-13-8(12)6-3-2-5-7(10-6)4-9-11-5/h2-4H,1H3,(H,9,11). The molecule has 0 saturated heterocycles.